The topological polar surface area (TPSA) is 112 Å². The first kappa shape index (κ1) is 22.9. The van der Waals surface area contributed by atoms with Gasteiger partial charge in [0.25, 0.3) is 11.8 Å². The van der Waals surface area contributed by atoms with Crippen molar-refractivity contribution in [3.63, 3.8) is 0 Å². The summed E-state index contributed by atoms with van der Waals surface area (Å²) in [6.07, 6.45) is 0. The minimum Gasteiger partial charge on any atom is -0.497 e. The first-order valence-electron chi connectivity index (χ1n) is 10.3. The van der Waals surface area contributed by atoms with E-state index in [0.717, 1.165) is 0 Å². The van der Waals surface area contributed by atoms with Crippen LogP contribution in [0.4, 0.5) is 4.79 Å². The zero-order valence-corrected chi connectivity index (χ0v) is 19.2. The SMILES string of the molecule is COc1ccc(C2(C)NC(=O)N(NC(=O)c3ccccc3Sc3ccccc3C#N)C2=O)cc1. The Hall–Kier alpha value is -4.29. The molecule has 0 bridgehead atoms. The number of benzene rings is 3. The summed E-state index contributed by atoms with van der Waals surface area (Å²) in [5.74, 6) is -0.627. The van der Waals surface area contributed by atoms with Crippen molar-refractivity contribution in [1.29, 1.82) is 5.26 Å². The molecule has 9 heteroatoms. The maximum atomic E-state index is 13.2. The second-order valence-corrected chi connectivity index (χ2v) is 8.66. The lowest BCUT2D eigenvalue weighted by Gasteiger charge is -2.22. The first-order valence-corrected chi connectivity index (χ1v) is 11.1. The molecule has 170 valence electrons. The second-order valence-electron chi connectivity index (χ2n) is 7.57. The number of rotatable bonds is 6. The van der Waals surface area contributed by atoms with Crippen LogP contribution in [0.15, 0.2) is 82.6 Å². The summed E-state index contributed by atoms with van der Waals surface area (Å²) in [6.45, 7) is 1.57. The number of nitrogens with one attached hydrogen (secondary N) is 2. The fourth-order valence-corrected chi connectivity index (χ4v) is 4.56. The Balaban J connectivity index is 1.57. The van der Waals surface area contributed by atoms with Crippen molar-refractivity contribution >= 4 is 29.6 Å². The molecule has 0 radical (unpaired) electrons. The van der Waals surface area contributed by atoms with E-state index in [1.807, 2.05) is 0 Å². The van der Waals surface area contributed by atoms with E-state index >= 15 is 0 Å². The van der Waals surface area contributed by atoms with Crippen molar-refractivity contribution < 1.29 is 19.1 Å². The number of urea groups is 1. The summed E-state index contributed by atoms with van der Waals surface area (Å²) in [5, 5.41) is 12.7. The van der Waals surface area contributed by atoms with Gasteiger partial charge in [0, 0.05) is 9.79 Å². The van der Waals surface area contributed by atoms with Crippen LogP contribution in [-0.2, 0) is 10.3 Å². The summed E-state index contributed by atoms with van der Waals surface area (Å²) in [5.41, 5.74) is 2.37. The van der Waals surface area contributed by atoms with Crippen molar-refractivity contribution in [3.8, 4) is 11.8 Å². The van der Waals surface area contributed by atoms with E-state index in [1.54, 1.807) is 79.7 Å². The molecule has 4 rings (SSSR count). The molecule has 3 aromatic carbocycles. The van der Waals surface area contributed by atoms with E-state index in [9.17, 15) is 19.6 Å². The standard InChI is InChI=1S/C25H20N4O4S/c1-25(17-11-13-18(33-2)14-12-17)23(31)29(24(32)27-25)28-22(30)19-8-4-6-10-21(19)34-20-9-5-3-7-16(20)15-26/h3-14H,1-2H3,(H,27,32)(H,28,30). The molecule has 1 fully saturated rings. The van der Waals surface area contributed by atoms with Gasteiger partial charge in [0.05, 0.1) is 18.2 Å². The number of hydrogen-bond donors (Lipinski definition) is 2. The van der Waals surface area contributed by atoms with Crippen molar-refractivity contribution in [2.45, 2.75) is 22.3 Å². The average Bonchev–Trinajstić information content (AvgIpc) is 3.08. The van der Waals surface area contributed by atoms with Gasteiger partial charge in [0.2, 0.25) is 0 Å². The lowest BCUT2D eigenvalue weighted by atomic mass is 9.92. The van der Waals surface area contributed by atoms with E-state index in [0.29, 0.717) is 31.7 Å². The molecule has 1 saturated heterocycles. The van der Waals surface area contributed by atoms with Gasteiger partial charge in [-0.1, -0.05) is 48.2 Å². The largest absolute Gasteiger partial charge is 0.497 e. The predicted octanol–water partition coefficient (Wildman–Crippen LogP) is 3.83. The molecule has 4 amide bonds. The Morgan fingerprint density at radius 3 is 2.35 bits per heavy atom. The number of hydrogen-bond acceptors (Lipinski definition) is 6. The smallest absolute Gasteiger partial charge is 0.344 e. The molecule has 0 aromatic heterocycles. The van der Waals surface area contributed by atoms with Gasteiger partial charge in [0.1, 0.15) is 17.4 Å². The molecule has 1 unspecified atom stereocenters. The number of carbonyl (C=O) groups excluding carboxylic acids is 3. The zero-order valence-electron chi connectivity index (χ0n) is 18.4. The number of nitriles is 1. The van der Waals surface area contributed by atoms with Gasteiger partial charge >= 0.3 is 6.03 Å². The molecule has 8 nitrogen and oxygen atoms in total. The number of hydrazine groups is 1. The molecule has 3 aromatic rings. The fourth-order valence-electron chi connectivity index (χ4n) is 3.53. The Kier molecular flexibility index (Phi) is 6.25. The third-order valence-electron chi connectivity index (χ3n) is 5.43. The van der Waals surface area contributed by atoms with Crippen LogP contribution in [0, 0.1) is 11.3 Å². The zero-order chi connectivity index (χ0) is 24.3. The Morgan fingerprint density at radius 2 is 1.68 bits per heavy atom. The van der Waals surface area contributed by atoms with Gasteiger partial charge in [0.15, 0.2) is 0 Å². The van der Waals surface area contributed by atoms with Gasteiger partial charge in [-0.2, -0.15) is 10.3 Å². The first-order chi connectivity index (χ1) is 16.4. The molecule has 0 spiro atoms. The van der Waals surface area contributed by atoms with E-state index < -0.39 is 23.4 Å². The quantitative estimate of drug-likeness (QED) is 0.528. The molecular weight excluding hydrogens is 452 g/mol. The molecule has 1 atom stereocenters. The highest BCUT2D eigenvalue weighted by Gasteiger charge is 2.50. The summed E-state index contributed by atoms with van der Waals surface area (Å²) in [7, 11) is 1.53. The average molecular weight is 473 g/mol. The Labute approximate surface area is 200 Å². The third kappa shape index (κ3) is 4.19. The molecule has 1 aliphatic heterocycles. The molecule has 2 N–H and O–H groups in total. The normalized spacial score (nSPS) is 17.1. The van der Waals surface area contributed by atoms with Crippen LogP contribution in [-0.4, -0.2) is 30.0 Å². The lowest BCUT2D eigenvalue weighted by molar-refractivity contribution is -0.132. The Bertz CT molecular complexity index is 1320. The highest BCUT2D eigenvalue weighted by Crippen LogP contribution is 2.33. The van der Waals surface area contributed by atoms with Crippen molar-refractivity contribution in [3.05, 3.63) is 89.5 Å². The van der Waals surface area contributed by atoms with Crippen LogP contribution in [0.25, 0.3) is 0 Å². The summed E-state index contributed by atoms with van der Waals surface area (Å²) in [4.78, 5) is 40.2. The number of amides is 4. The van der Waals surface area contributed by atoms with Crippen LogP contribution < -0.4 is 15.5 Å². The number of methoxy groups -OCH3 is 1. The summed E-state index contributed by atoms with van der Waals surface area (Å²) < 4.78 is 5.14. The third-order valence-corrected chi connectivity index (χ3v) is 6.58. The predicted molar refractivity (Wildman–Crippen MR) is 125 cm³/mol. The molecule has 1 heterocycles. The maximum absolute atomic E-state index is 13.2. The molecule has 0 aliphatic carbocycles. The molecule has 1 aliphatic rings. The van der Waals surface area contributed by atoms with E-state index in [2.05, 4.69) is 16.8 Å². The van der Waals surface area contributed by atoms with Gasteiger partial charge < -0.3 is 10.1 Å². The minimum absolute atomic E-state index is 0.263. The van der Waals surface area contributed by atoms with Gasteiger partial charge in [-0.25, -0.2) is 4.79 Å². The summed E-state index contributed by atoms with van der Waals surface area (Å²) >= 11 is 1.25. The fraction of sp³-hybridized carbons (Fsp3) is 0.120. The maximum Gasteiger partial charge on any atom is 0.344 e. The minimum atomic E-state index is -1.35. The molecular formula is C25H20N4O4S. The van der Waals surface area contributed by atoms with E-state index in [4.69, 9.17) is 4.74 Å². The van der Waals surface area contributed by atoms with Crippen molar-refractivity contribution in [1.82, 2.24) is 15.8 Å². The van der Waals surface area contributed by atoms with Crippen LogP contribution in [0.1, 0.15) is 28.4 Å². The highest BCUT2D eigenvalue weighted by molar-refractivity contribution is 7.99. The van der Waals surface area contributed by atoms with Gasteiger partial charge in [-0.15, -0.1) is 0 Å². The van der Waals surface area contributed by atoms with Crippen LogP contribution in [0.3, 0.4) is 0 Å². The number of ether oxygens (including phenoxy) is 1. The molecule has 0 saturated carbocycles. The van der Waals surface area contributed by atoms with Crippen LogP contribution in [0.2, 0.25) is 0 Å². The summed E-state index contributed by atoms with van der Waals surface area (Å²) in [6, 6.07) is 22.0. The van der Waals surface area contributed by atoms with Crippen molar-refractivity contribution in [2.75, 3.05) is 7.11 Å². The Morgan fingerprint density at radius 1 is 1.03 bits per heavy atom. The molecule has 34 heavy (non-hydrogen) atoms. The monoisotopic (exact) mass is 472 g/mol. The van der Waals surface area contributed by atoms with E-state index in [-0.39, 0.29) is 5.56 Å². The van der Waals surface area contributed by atoms with Gasteiger partial charge in [-0.05, 0) is 48.9 Å². The van der Waals surface area contributed by atoms with Gasteiger partial charge in [-0.3, -0.25) is 15.0 Å². The highest BCUT2D eigenvalue weighted by atomic mass is 32.2. The number of carbonyl (C=O) groups is 3. The number of imide groups is 1. The van der Waals surface area contributed by atoms with Crippen LogP contribution >= 0.6 is 11.8 Å². The lowest BCUT2D eigenvalue weighted by Crippen LogP contribution is -2.48. The van der Waals surface area contributed by atoms with Crippen molar-refractivity contribution in [2.24, 2.45) is 0 Å². The van der Waals surface area contributed by atoms with E-state index in [1.165, 1.54) is 18.9 Å². The second kappa shape index (κ2) is 9.29. The number of nitrogens with zero attached hydrogens (tertiary/aromatic N) is 2. The van der Waals surface area contributed by atoms with Crippen LogP contribution in [0.5, 0.6) is 5.75 Å².